The van der Waals surface area contributed by atoms with E-state index in [1.807, 2.05) is 24.9 Å². The Morgan fingerprint density at radius 2 is 2.25 bits per heavy atom. The predicted octanol–water partition coefficient (Wildman–Crippen LogP) is 1.80. The summed E-state index contributed by atoms with van der Waals surface area (Å²) in [5.74, 6) is -0.285. The number of likely N-dealkylation sites (N-methyl/N-ethyl adjacent to an activating group) is 1. The number of nitrogens with zero attached hydrogens (tertiary/aromatic N) is 1. The molecular formula is C15H23FN2O2. The van der Waals surface area contributed by atoms with Crippen molar-refractivity contribution in [1.29, 1.82) is 0 Å². The van der Waals surface area contributed by atoms with Gasteiger partial charge in [-0.2, -0.15) is 0 Å². The third kappa shape index (κ3) is 5.67. The number of carbonyl (C=O) groups is 1. The number of hydrogen-bond acceptors (Lipinski definition) is 3. The normalized spacial score (nSPS) is 12.4. The molecule has 0 aromatic heterocycles. The van der Waals surface area contributed by atoms with Crippen molar-refractivity contribution in [1.82, 2.24) is 10.2 Å². The van der Waals surface area contributed by atoms with Crippen molar-refractivity contribution in [2.24, 2.45) is 0 Å². The smallest absolute Gasteiger partial charge is 0.237 e. The number of amides is 1. The van der Waals surface area contributed by atoms with E-state index < -0.39 is 0 Å². The van der Waals surface area contributed by atoms with Gasteiger partial charge in [-0.25, -0.2) is 4.39 Å². The molecule has 0 fully saturated rings. The van der Waals surface area contributed by atoms with Crippen LogP contribution in [0.3, 0.4) is 0 Å². The van der Waals surface area contributed by atoms with Gasteiger partial charge in [0, 0.05) is 26.8 Å². The highest BCUT2D eigenvalue weighted by Crippen LogP contribution is 2.08. The Hall–Kier alpha value is -1.46. The lowest BCUT2D eigenvalue weighted by atomic mass is 10.2. The Morgan fingerprint density at radius 3 is 2.90 bits per heavy atom. The topological polar surface area (TPSA) is 41.6 Å². The molecule has 20 heavy (non-hydrogen) atoms. The molecule has 0 spiro atoms. The molecule has 1 unspecified atom stereocenters. The summed E-state index contributed by atoms with van der Waals surface area (Å²) in [6, 6.07) is 6.16. The van der Waals surface area contributed by atoms with Crippen LogP contribution in [-0.4, -0.2) is 44.2 Å². The zero-order valence-electron chi connectivity index (χ0n) is 12.4. The second-order valence-electron chi connectivity index (χ2n) is 4.86. The molecule has 0 aliphatic rings. The second-order valence-corrected chi connectivity index (χ2v) is 4.86. The van der Waals surface area contributed by atoms with Crippen LogP contribution in [0.4, 0.5) is 4.39 Å². The molecular weight excluding hydrogens is 259 g/mol. The van der Waals surface area contributed by atoms with Crippen molar-refractivity contribution >= 4 is 5.91 Å². The predicted molar refractivity (Wildman–Crippen MR) is 76.8 cm³/mol. The van der Waals surface area contributed by atoms with E-state index in [1.165, 1.54) is 12.1 Å². The standard InChI is InChI=1S/C15H23FN2O2/c1-12(15(19)17-8-5-9-20-3)18(2)11-13-6-4-7-14(16)10-13/h4,6-7,10,12H,5,8-9,11H2,1-3H3,(H,17,19). The van der Waals surface area contributed by atoms with Gasteiger partial charge in [0.25, 0.3) is 0 Å². The number of hydrogen-bond donors (Lipinski definition) is 1. The molecule has 4 nitrogen and oxygen atoms in total. The molecule has 1 rings (SSSR count). The van der Waals surface area contributed by atoms with Crippen LogP contribution in [0.25, 0.3) is 0 Å². The van der Waals surface area contributed by atoms with Crippen LogP contribution in [0, 0.1) is 5.82 Å². The van der Waals surface area contributed by atoms with Gasteiger partial charge in [0.05, 0.1) is 6.04 Å². The fourth-order valence-electron chi connectivity index (χ4n) is 1.84. The number of methoxy groups -OCH3 is 1. The quantitative estimate of drug-likeness (QED) is 0.739. The highest BCUT2D eigenvalue weighted by atomic mass is 19.1. The number of nitrogens with one attached hydrogen (secondary N) is 1. The monoisotopic (exact) mass is 282 g/mol. The van der Waals surface area contributed by atoms with Crippen LogP contribution in [0.5, 0.6) is 0 Å². The third-order valence-electron chi connectivity index (χ3n) is 3.19. The molecule has 1 aromatic rings. The van der Waals surface area contributed by atoms with E-state index in [-0.39, 0.29) is 17.8 Å². The summed E-state index contributed by atoms with van der Waals surface area (Å²) in [7, 11) is 3.49. The fraction of sp³-hybridized carbons (Fsp3) is 0.533. The van der Waals surface area contributed by atoms with E-state index >= 15 is 0 Å². The van der Waals surface area contributed by atoms with Gasteiger partial charge < -0.3 is 10.1 Å². The maximum Gasteiger partial charge on any atom is 0.237 e. The van der Waals surface area contributed by atoms with Gasteiger partial charge in [0.2, 0.25) is 5.91 Å². The Bertz CT molecular complexity index is 426. The van der Waals surface area contributed by atoms with Gasteiger partial charge in [0.15, 0.2) is 0 Å². The van der Waals surface area contributed by atoms with E-state index in [4.69, 9.17) is 4.74 Å². The lowest BCUT2D eigenvalue weighted by Crippen LogP contribution is -2.43. The Morgan fingerprint density at radius 1 is 1.50 bits per heavy atom. The molecule has 1 amide bonds. The van der Waals surface area contributed by atoms with Crippen molar-refractivity contribution in [2.45, 2.75) is 25.9 Å². The van der Waals surface area contributed by atoms with Gasteiger partial charge >= 0.3 is 0 Å². The zero-order chi connectivity index (χ0) is 15.0. The molecule has 0 radical (unpaired) electrons. The van der Waals surface area contributed by atoms with Crippen molar-refractivity contribution in [3.63, 3.8) is 0 Å². The summed E-state index contributed by atoms with van der Waals surface area (Å²) >= 11 is 0. The largest absolute Gasteiger partial charge is 0.385 e. The molecule has 0 heterocycles. The van der Waals surface area contributed by atoms with E-state index in [2.05, 4.69) is 5.32 Å². The Labute approximate surface area is 119 Å². The molecule has 1 atom stereocenters. The number of rotatable bonds is 8. The van der Waals surface area contributed by atoms with E-state index in [9.17, 15) is 9.18 Å². The molecule has 1 aromatic carbocycles. The average molecular weight is 282 g/mol. The summed E-state index contributed by atoms with van der Waals surface area (Å²) in [4.78, 5) is 13.8. The van der Waals surface area contributed by atoms with Gasteiger partial charge in [-0.15, -0.1) is 0 Å². The molecule has 0 bridgehead atoms. The van der Waals surface area contributed by atoms with Crippen LogP contribution >= 0.6 is 0 Å². The summed E-state index contributed by atoms with van der Waals surface area (Å²) < 4.78 is 18.0. The highest BCUT2D eigenvalue weighted by Gasteiger charge is 2.17. The van der Waals surface area contributed by atoms with Crippen LogP contribution in [0.1, 0.15) is 18.9 Å². The summed E-state index contributed by atoms with van der Waals surface area (Å²) in [5.41, 5.74) is 0.853. The van der Waals surface area contributed by atoms with Crippen molar-refractivity contribution in [3.8, 4) is 0 Å². The number of carbonyl (C=O) groups excluding carboxylic acids is 1. The van der Waals surface area contributed by atoms with Crippen LogP contribution in [0.2, 0.25) is 0 Å². The molecule has 0 saturated heterocycles. The first-order valence-electron chi connectivity index (χ1n) is 6.76. The lowest BCUT2D eigenvalue weighted by Gasteiger charge is -2.24. The SMILES string of the molecule is COCCCNC(=O)C(C)N(C)Cc1cccc(F)c1. The van der Waals surface area contributed by atoms with E-state index in [1.54, 1.807) is 13.2 Å². The summed E-state index contributed by atoms with van der Waals surface area (Å²) in [6.45, 7) is 3.61. The van der Waals surface area contributed by atoms with E-state index in [0.717, 1.165) is 12.0 Å². The number of benzene rings is 1. The van der Waals surface area contributed by atoms with Gasteiger partial charge in [-0.1, -0.05) is 12.1 Å². The molecule has 0 saturated carbocycles. The maximum atomic E-state index is 13.1. The molecule has 0 aliphatic carbocycles. The minimum atomic E-state index is -0.263. The minimum absolute atomic E-state index is 0.0278. The summed E-state index contributed by atoms with van der Waals surface area (Å²) in [5, 5.41) is 2.86. The molecule has 5 heteroatoms. The number of halogens is 1. The first kappa shape index (κ1) is 16.6. The first-order chi connectivity index (χ1) is 9.54. The van der Waals surface area contributed by atoms with Crippen molar-refractivity contribution in [2.75, 3.05) is 27.3 Å². The van der Waals surface area contributed by atoms with Crippen LogP contribution in [0.15, 0.2) is 24.3 Å². The highest BCUT2D eigenvalue weighted by molar-refractivity contribution is 5.81. The second kappa shape index (κ2) is 8.66. The van der Waals surface area contributed by atoms with Gasteiger partial charge in [-0.05, 0) is 38.1 Å². The zero-order valence-corrected chi connectivity index (χ0v) is 12.4. The van der Waals surface area contributed by atoms with Gasteiger partial charge in [-0.3, -0.25) is 9.69 Å². The number of ether oxygens (including phenoxy) is 1. The lowest BCUT2D eigenvalue weighted by molar-refractivity contribution is -0.125. The average Bonchev–Trinajstić information content (AvgIpc) is 2.42. The van der Waals surface area contributed by atoms with Crippen LogP contribution < -0.4 is 5.32 Å². The fourth-order valence-corrected chi connectivity index (χ4v) is 1.84. The third-order valence-corrected chi connectivity index (χ3v) is 3.19. The van der Waals surface area contributed by atoms with Crippen molar-refractivity contribution in [3.05, 3.63) is 35.6 Å². The van der Waals surface area contributed by atoms with E-state index in [0.29, 0.717) is 19.7 Å². The molecule has 0 aliphatic heterocycles. The Balaban J connectivity index is 2.41. The molecule has 112 valence electrons. The minimum Gasteiger partial charge on any atom is -0.385 e. The maximum absolute atomic E-state index is 13.1. The van der Waals surface area contributed by atoms with Crippen molar-refractivity contribution < 1.29 is 13.9 Å². The molecule has 1 N–H and O–H groups in total. The van der Waals surface area contributed by atoms with Crippen LogP contribution in [-0.2, 0) is 16.1 Å². The van der Waals surface area contributed by atoms with Gasteiger partial charge in [0.1, 0.15) is 5.82 Å². The summed E-state index contributed by atoms with van der Waals surface area (Å²) in [6.07, 6.45) is 0.794. The first-order valence-corrected chi connectivity index (χ1v) is 6.76. The Kier molecular flexibility index (Phi) is 7.18.